The monoisotopic (exact) mass is 353 g/mol. The van der Waals surface area contributed by atoms with Gasteiger partial charge in [0.1, 0.15) is 5.75 Å². The number of hydrogen-bond acceptors (Lipinski definition) is 3. The number of rotatable bonds is 6. The van der Waals surface area contributed by atoms with Crippen molar-refractivity contribution in [2.75, 3.05) is 32.1 Å². The summed E-state index contributed by atoms with van der Waals surface area (Å²) >= 11 is 0. The summed E-state index contributed by atoms with van der Waals surface area (Å²) < 4.78 is 5.26. The lowest BCUT2D eigenvalue weighted by Gasteiger charge is -2.28. The third-order valence-corrected chi connectivity index (χ3v) is 4.81. The summed E-state index contributed by atoms with van der Waals surface area (Å²) in [7, 11) is 1.67. The van der Waals surface area contributed by atoms with Gasteiger partial charge in [0.15, 0.2) is 0 Å². The first-order valence-electron chi connectivity index (χ1n) is 9.15. The smallest absolute Gasteiger partial charge is 0.319 e. The number of urea groups is 1. The molecule has 1 heterocycles. The average molecular weight is 353 g/mol. The van der Waals surface area contributed by atoms with Gasteiger partial charge in [0.25, 0.3) is 0 Å². The van der Waals surface area contributed by atoms with Crippen LogP contribution in [-0.4, -0.2) is 37.7 Å². The second-order valence-corrected chi connectivity index (χ2v) is 6.74. The van der Waals surface area contributed by atoms with Crippen LogP contribution in [0.25, 0.3) is 0 Å². The van der Waals surface area contributed by atoms with E-state index in [9.17, 15) is 4.79 Å². The van der Waals surface area contributed by atoms with Crippen LogP contribution in [0.5, 0.6) is 5.75 Å². The molecule has 1 saturated heterocycles. The standard InChI is InChI=1S/C21H27N3O2/c1-16-6-5-7-18(14-16)23-21(25)22-15-20(24-12-3-4-13-24)17-8-10-19(26-2)11-9-17/h5-11,14,20H,3-4,12-13,15H2,1-2H3,(H2,22,23,25)/t20-/m1/s1. The number of nitrogens with one attached hydrogen (secondary N) is 2. The maximum absolute atomic E-state index is 12.3. The van der Waals surface area contributed by atoms with Crippen molar-refractivity contribution in [3.63, 3.8) is 0 Å². The molecule has 1 aliphatic heterocycles. The molecule has 1 aliphatic rings. The summed E-state index contributed by atoms with van der Waals surface area (Å²) in [6.07, 6.45) is 2.42. The Morgan fingerprint density at radius 3 is 2.54 bits per heavy atom. The number of carbonyl (C=O) groups excluding carboxylic acids is 1. The van der Waals surface area contributed by atoms with E-state index in [-0.39, 0.29) is 12.1 Å². The maximum Gasteiger partial charge on any atom is 0.319 e. The van der Waals surface area contributed by atoms with Gasteiger partial charge in [-0.05, 0) is 68.2 Å². The van der Waals surface area contributed by atoms with Gasteiger partial charge in [0.05, 0.1) is 13.2 Å². The lowest BCUT2D eigenvalue weighted by Crippen LogP contribution is -2.38. The van der Waals surface area contributed by atoms with Crippen LogP contribution in [0.15, 0.2) is 48.5 Å². The number of benzene rings is 2. The predicted molar refractivity (Wildman–Crippen MR) is 105 cm³/mol. The molecule has 26 heavy (non-hydrogen) atoms. The maximum atomic E-state index is 12.3. The molecule has 0 unspecified atom stereocenters. The molecule has 0 bridgehead atoms. The van der Waals surface area contributed by atoms with Gasteiger partial charge < -0.3 is 15.4 Å². The van der Waals surface area contributed by atoms with Crippen LogP contribution in [0.1, 0.15) is 30.0 Å². The van der Waals surface area contributed by atoms with Gasteiger partial charge in [-0.2, -0.15) is 0 Å². The molecule has 0 aliphatic carbocycles. The predicted octanol–water partition coefficient (Wildman–Crippen LogP) is 3.96. The molecule has 2 amide bonds. The summed E-state index contributed by atoms with van der Waals surface area (Å²) in [5.41, 5.74) is 3.13. The number of anilines is 1. The van der Waals surface area contributed by atoms with Crippen molar-refractivity contribution in [3.8, 4) is 5.75 Å². The molecule has 0 spiro atoms. The van der Waals surface area contributed by atoms with E-state index < -0.39 is 0 Å². The molecule has 5 heteroatoms. The Kier molecular flexibility index (Phi) is 6.12. The highest BCUT2D eigenvalue weighted by molar-refractivity contribution is 5.89. The van der Waals surface area contributed by atoms with E-state index >= 15 is 0 Å². The first-order valence-corrected chi connectivity index (χ1v) is 9.15. The Labute approximate surface area is 155 Å². The van der Waals surface area contributed by atoms with Crippen molar-refractivity contribution in [1.82, 2.24) is 10.2 Å². The zero-order valence-corrected chi connectivity index (χ0v) is 15.5. The van der Waals surface area contributed by atoms with Crippen LogP contribution in [0.2, 0.25) is 0 Å². The number of methoxy groups -OCH3 is 1. The number of carbonyl (C=O) groups is 1. The van der Waals surface area contributed by atoms with Crippen LogP contribution < -0.4 is 15.4 Å². The molecular weight excluding hydrogens is 326 g/mol. The van der Waals surface area contributed by atoms with Gasteiger partial charge in [-0.1, -0.05) is 24.3 Å². The molecular formula is C21H27N3O2. The lowest BCUT2D eigenvalue weighted by atomic mass is 10.1. The Morgan fingerprint density at radius 2 is 1.88 bits per heavy atom. The number of hydrogen-bond donors (Lipinski definition) is 2. The Morgan fingerprint density at radius 1 is 1.15 bits per heavy atom. The number of nitrogens with zero attached hydrogens (tertiary/aromatic N) is 1. The van der Waals surface area contributed by atoms with Crippen LogP contribution in [0.4, 0.5) is 10.5 Å². The van der Waals surface area contributed by atoms with E-state index in [2.05, 4.69) is 27.7 Å². The molecule has 138 valence electrons. The highest BCUT2D eigenvalue weighted by atomic mass is 16.5. The minimum Gasteiger partial charge on any atom is -0.497 e. The molecule has 0 aromatic heterocycles. The molecule has 2 aromatic rings. The Bertz CT molecular complexity index is 724. The van der Waals surface area contributed by atoms with E-state index in [1.807, 2.05) is 43.3 Å². The molecule has 1 atom stereocenters. The van der Waals surface area contributed by atoms with Crippen molar-refractivity contribution in [2.24, 2.45) is 0 Å². The fourth-order valence-corrected chi connectivity index (χ4v) is 3.42. The topological polar surface area (TPSA) is 53.6 Å². The van der Waals surface area contributed by atoms with E-state index in [1.165, 1.54) is 18.4 Å². The lowest BCUT2D eigenvalue weighted by molar-refractivity contribution is 0.227. The van der Waals surface area contributed by atoms with Crippen molar-refractivity contribution < 1.29 is 9.53 Å². The van der Waals surface area contributed by atoms with Gasteiger partial charge >= 0.3 is 6.03 Å². The molecule has 2 N–H and O–H groups in total. The van der Waals surface area contributed by atoms with E-state index in [4.69, 9.17) is 4.74 Å². The van der Waals surface area contributed by atoms with Gasteiger partial charge in [-0.15, -0.1) is 0 Å². The molecule has 2 aromatic carbocycles. The van der Waals surface area contributed by atoms with Crippen molar-refractivity contribution in [3.05, 3.63) is 59.7 Å². The number of aryl methyl sites for hydroxylation is 1. The zero-order chi connectivity index (χ0) is 18.4. The highest BCUT2D eigenvalue weighted by Crippen LogP contribution is 2.26. The highest BCUT2D eigenvalue weighted by Gasteiger charge is 2.24. The second kappa shape index (κ2) is 8.72. The number of ether oxygens (including phenoxy) is 1. The minimum atomic E-state index is -0.173. The second-order valence-electron chi connectivity index (χ2n) is 6.74. The summed E-state index contributed by atoms with van der Waals surface area (Å²) in [4.78, 5) is 14.8. The largest absolute Gasteiger partial charge is 0.497 e. The summed E-state index contributed by atoms with van der Waals surface area (Å²) in [5, 5.41) is 5.94. The first-order chi connectivity index (χ1) is 12.7. The van der Waals surface area contributed by atoms with Gasteiger partial charge in [-0.3, -0.25) is 4.90 Å². The fourth-order valence-electron chi connectivity index (χ4n) is 3.42. The van der Waals surface area contributed by atoms with E-state index in [1.54, 1.807) is 7.11 Å². The third kappa shape index (κ3) is 4.76. The van der Waals surface area contributed by atoms with Gasteiger partial charge in [-0.25, -0.2) is 4.79 Å². The normalized spacial score (nSPS) is 15.5. The first kappa shape index (κ1) is 18.3. The molecule has 0 radical (unpaired) electrons. The third-order valence-electron chi connectivity index (χ3n) is 4.81. The average Bonchev–Trinajstić information content (AvgIpc) is 3.17. The van der Waals surface area contributed by atoms with Crippen LogP contribution in [0, 0.1) is 6.92 Å². The minimum absolute atomic E-state index is 0.173. The molecule has 5 nitrogen and oxygen atoms in total. The van der Waals surface area contributed by atoms with Crippen molar-refractivity contribution in [1.29, 1.82) is 0 Å². The molecule has 3 rings (SSSR count). The summed E-state index contributed by atoms with van der Waals surface area (Å²) in [5.74, 6) is 0.846. The number of amides is 2. The number of likely N-dealkylation sites (tertiary alicyclic amines) is 1. The molecule has 1 fully saturated rings. The van der Waals surface area contributed by atoms with Crippen LogP contribution in [-0.2, 0) is 0 Å². The van der Waals surface area contributed by atoms with Crippen molar-refractivity contribution >= 4 is 11.7 Å². The van der Waals surface area contributed by atoms with Crippen LogP contribution >= 0.6 is 0 Å². The van der Waals surface area contributed by atoms with Gasteiger partial charge in [0.2, 0.25) is 0 Å². The fraction of sp³-hybridized carbons (Fsp3) is 0.381. The van der Waals surface area contributed by atoms with E-state index in [0.717, 1.165) is 30.1 Å². The Hall–Kier alpha value is -2.53. The quantitative estimate of drug-likeness (QED) is 0.826. The molecule has 0 saturated carbocycles. The summed E-state index contributed by atoms with van der Waals surface area (Å²) in [6, 6.07) is 15.9. The van der Waals surface area contributed by atoms with E-state index in [0.29, 0.717) is 6.54 Å². The summed E-state index contributed by atoms with van der Waals surface area (Å²) in [6.45, 7) is 4.72. The van der Waals surface area contributed by atoms with Crippen LogP contribution in [0.3, 0.4) is 0 Å². The van der Waals surface area contributed by atoms with Gasteiger partial charge in [0, 0.05) is 12.2 Å². The van der Waals surface area contributed by atoms with Crippen molar-refractivity contribution in [2.45, 2.75) is 25.8 Å². The zero-order valence-electron chi connectivity index (χ0n) is 15.5. The Balaban J connectivity index is 1.64. The SMILES string of the molecule is COc1ccc([C@@H](CNC(=O)Nc2cccc(C)c2)N2CCCC2)cc1.